The Balaban J connectivity index is 1.56. The van der Waals surface area contributed by atoms with Gasteiger partial charge in [0.05, 0.1) is 17.2 Å². The van der Waals surface area contributed by atoms with E-state index >= 15 is 0 Å². The molecule has 0 fully saturated rings. The summed E-state index contributed by atoms with van der Waals surface area (Å²) < 4.78 is 32.4. The zero-order valence-electron chi connectivity index (χ0n) is 18.6. The lowest BCUT2D eigenvalue weighted by Crippen LogP contribution is -2.27. The van der Waals surface area contributed by atoms with Crippen molar-refractivity contribution in [3.8, 4) is 5.75 Å². The third-order valence-electron chi connectivity index (χ3n) is 5.15. The number of amides is 1. The topological polar surface area (TPSA) is 75.7 Å². The van der Waals surface area contributed by atoms with E-state index in [4.69, 9.17) is 16.3 Å². The molecule has 0 spiro atoms. The van der Waals surface area contributed by atoms with Crippen molar-refractivity contribution in [2.75, 3.05) is 24.5 Å². The van der Waals surface area contributed by atoms with E-state index in [1.807, 2.05) is 31.2 Å². The molecule has 0 saturated heterocycles. The molecule has 1 amide bonds. The summed E-state index contributed by atoms with van der Waals surface area (Å²) >= 11 is 5.85. The molecule has 8 heteroatoms. The molecule has 0 aliphatic rings. The van der Waals surface area contributed by atoms with Crippen molar-refractivity contribution in [3.05, 3.63) is 88.9 Å². The van der Waals surface area contributed by atoms with Crippen molar-refractivity contribution in [2.45, 2.75) is 24.7 Å². The van der Waals surface area contributed by atoms with Gasteiger partial charge < -0.3 is 10.1 Å². The Hall–Kier alpha value is -3.03. The number of benzene rings is 3. The Labute approximate surface area is 200 Å². The average Bonchev–Trinajstić information content (AvgIpc) is 2.82. The summed E-state index contributed by atoms with van der Waals surface area (Å²) in [6, 6.07) is 20.3. The normalized spacial score (nSPS) is 11.1. The van der Waals surface area contributed by atoms with Crippen LogP contribution in [0, 0.1) is 0 Å². The molecular formula is C25H27ClN2O4S. The molecule has 3 aromatic rings. The maximum absolute atomic E-state index is 12.8. The van der Waals surface area contributed by atoms with E-state index < -0.39 is 10.0 Å². The van der Waals surface area contributed by atoms with Gasteiger partial charge in [0.2, 0.25) is 0 Å². The van der Waals surface area contributed by atoms with Crippen LogP contribution in [-0.2, 0) is 16.4 Å². The van der Waals surface area contributed by atoms with E-state index in [0.29, 0.717) is 29.4 Å². The SMILES string of the molecule is CCOc1ccccc1CCCNC(=O)c1ccc(N(C)S(=O)(=O)c2ccc(Cl)cc2)cc1. The third kappa shape index (κ3) is 6.27. The van der Waals surface area contributed by atoms with Crippen LogP contribution in [-0.4, -0.2) is 34.5 Å². The second kappa shape index (κ2) is 11.2. The summed E-state index contributed by atoms with van der Waals surface area (Å²) in [7, 11) is -2.26. The van der Waals surface area contributed by atoms with Gasteiger partial charge in [-0.3, -0.25) is 9.10 Å². The fourth-order valence-corrected chi connectivity index (χ4v) is 4.64. The first-order valence-electron chi connectivity index (χ1n) is 10.7. The molecule has 33 heavy (non-hydrogen) atoms. The number of aryl methyl sites for hydroxylation is 1. The monoisotopic (exact) mass is 486 g/mol. The van der Waals surface area contributed by atoms with Crippen LogP contribution in [0.4, 0.5) is 5.69 Å². The lowest BCUT2D eigenvalue weighted by Gasteiger charge is -2.20. The summed E-state index contributed by atoms with van der Waals surface area (Å²) in [6.07, 6.45) is 1.57. The smallest absolute Gasteiger partial charge is 0.264 e. The third-order valence-corrected chi connectivity index (χ3v) is 7.20. The molecule has 0 aliphatic heterocycles. The lowest BCUT2D eigenvalue weighted by molar-refractivity contribution is 0.0953. The largest absolute Gasteiger partial charge is 0.494 e. The molecule has 0 atom stereocenters. The molecule has 174 valence electrons. The number of hydrogen-bond acceptors (Lipinski definition) is 4. The number of anilines is 1. The number of ether oxygens (including phenoxy) is 1. The Morgan fingerprint density at radius 3 is 2.33 bits per heavy atom. The van der Waals surface area contributed by atoms with E-state index in [2.05, 4.69) is 5.32 Å². The Morgan fingerprint density at radius 2 is 1.67 bits per heavy atom. The molecule has 0 bridgehead atoms. The summed E-state index contributed by atoms with van der Waals surface area (Å²) in [6.45, 7) is 3.08. The van der Waals surface area contributed by atoms with Gasteiger partial charge in [-0.2, -0.15) is 0 Å². The van der Waals surface area contributed by atoms with Crippen molar-refractivity contribution >= 4 is 33.2 Å². The van der Waals surface area contributed by atoms with Crippen molar-refractivity contribution < 1.29 is 17.9 Å². The first kappa shape index (κ1) is 24.6. The molecule has 0 unspecified atom stereocenters. The summed E-state index contributed by atoms with van der Waals surface area (Å²) in [5, 5.41) is 3.37. The maximum Gasteiger partial charge on any atom is 0.264 e. The zero-order valence-corrected chi connectivity index (χ0v) is 20.2. The Bertz CT molecular complexity index is 1180. The van der Waals surface area contributed by atoms with Gasteiger partial charge in [0.25, 0.3) is 15.9 Å². The molecule has 0 aromatic heterocycles. The first-order valence-corrected chi connectivity index (χ1v) is 12.5. The van der Waals surface area contributed by atoms with Crippen LogP contribution in [0.15, 0.2) is 77.7 Å². The molecule has 6 nitrogen and oxygen atoms in total. The molecule has 1 N–H and O–H groups in total. The Morgan fingerprint density at radius 1 is 1.00 bits per heavy atom. The van der Waals surface area contributed by atoms with Gasteiger partial charge in [-0.1, -0.05) is 29.8 Å². The highest BCUT2D eigenvalue weighted by Crippen LogP contribution is 2.24. The summed E-state index contributed by atoms with van der Waals surface area (Å²) in [5.74, 6) is 0.669. The maximum atomic E-state index is 12.8. The average molecular weight is 487 g/mol. The van der Waals surface area contributed by atoms with Crippen LogP contribution < -0.4 is 14.4 Å². The highest BCUT2D eigenvalue weighted by atomic mass is 35.5. The Kier molecular flexibility index (Phi) is 8.36. The number of carbonyl (C=O) groups is 1. The van der Waals surface area contributed by atoms with Gasteiger partial charge in [0.15, 0.2) is 0 Å². The predicted molar refractivity (Wildman–Crippen MR) is 132 cm³/mol. The summed E-state index contributed by atoms with van der Waals surface area (Å²) in [5.41, 5.74) is 2.03. The van der Waals surface area contributed by atoms with E-state index in [9.17, 15) is 13.2 Å². The van der Waals surface area contributed by atoms with Gasteiger partial charge in [-0.05, 0) is 79.9 Å². The fourth-order valence-electron chi connectivity index (χ4n) is 3.32. The number of carbonyl (C=O) groups excluding carboxylic acids is 1. The number of sulfonamides is 1. The highest BCUT2D eigenvalue weighted by Gasteiger charge is 2.21. The van der Waals surface area contributed by atoms with Crippen LogP contribution in [0.3, 0.4) is 0 Å². The van der Waals surface area contributed by atoms with Crippen molar-refractivity contribution in [3.63, 3.8) is 0 Å². The fraction of sp³-hybridized carbons (Fsp3) is 0.240. The van der Waals surface area contributed by atoms with Crippen molar-refractivity contribution in [1.29, 1.82) is 0 Å². The highest BCUT2D eigenvalue weighted by molar-refractivity contribution is 7.92. The predicted octanol–water partition coefficient (Wildman–Crippen LogP) is 4.93. The van der Waals surface area contributed by atoms with Gasteiger partial charge in [-0.15, -0.1) is 0 Å². The van der Waals surface area contributed by atoms with Crippen LogP contribution in [0.25, 0.3) is 0 Å². The molecule has 0 radical (unpaired) electrons. The van der Waals surface area contributed by atoms with Crippen LogP contribution in [0.2, 0.25) is 5.02 Å². The van der Waals surface area contributed by atoms with E-state index in [0.717, 1.165) is 24.2 Å². The standard InChI is InChI=1S/C25H27ClN2O4S/c1-3-32-24-9-5-4-7-19(24)8-6-18-27-25(29)20-10-14-22(15-11-20)28(2)33(30,31)23-16-12-21(26)13-17-23/h4-5,7,9-17H,3,6,8,18H2,1-2H3,(H,27,29). The number of halogens is 1. The second-order valence-corrected chi connectivity index (χ2v) is 9.78. The number of para-hydroxylation sites is 1. The quantitative estimate of drug-likeness (QED) is 0.412. The molecule has 0 aliphatic carbocycles. The minimum atomic E-state index is -3.73. The van der Waals surface area contributed by atoms with Crippen LogP contribution in [0.5, 0.6) is 5.75 Å². The van der Waals surface area contributed by atoms with Gasteiger partial charge >= 0.3 is 0 Å². The number of rotatable bonds is 10. The minimum Gasteiger partial charge on any atom is -0.494 e. The van der Waals surface area contributed by atoms with Crippen LogP contribution in [0.1, 0.15) is 29.3 Å². The van der Waals surface area contributed by atoms with Gasteiger partial charge in [-0.25, -0.2) is 8.42 Å². The van der Waals surface area contributed by atoms with E-state index in [1.54, 1.807) is 24.3 Å². The number of nitrogens with zero attached hydrogens (tertiary/aromatic N) is 1. The lowest BCUT2D eigenvalue weighted by atomic mass is 10.1. The van der Waals surface area contributed by atoms with Gasteiger partial charge in [0.1, 0.15) is 5.75 Å². The number of hydrogen-bond donors (Lipinski definition) is 1. The van der Waals surface area contributed by atoms with Crippen molar-refractivity contribution in [2.24, 2.45) is 0 Å². The molecular weight excluding hydrogens is 460 g/mol. The molecule has 3 aromatic carbocycles. The first-order chi connectivity index (χ1) is 15.8. The van der Waals surface area contributed by atoms with Gasteiger partial charge in [0, 0.05) is 24.2 Å². The molecule has 0 saturated carbocycles. The number of nitrogens with one attached hydrogen (secondary N) is 1. The zero-order chi connectivity index (χ0) is 23.8. The van der Waals surface area contributed by atoms with Crippen molar-refractivity contribution in [1.82, 2.24) is 5.32 Å². The summed E-state index contributed by atoms with van der Waals surface area (Å²) in [4.78, 5) is 12.6. The van der Waals surface area contributed by atoms with Crippen LogP contribution >= 0.6 is 11.6 Å². The molecule has 0 heterocycles. The molecule has 3 rings (SSSR count). The minimum absolute atomic E-state index is 0.141. The second-order valence-electron chi connectivity index (χ2n) is 7.37. The van der Waals surface area contributed by atoms with E-state index in [-0.39, 0.29) is 10.8 Å². The van der Waals surface area contributed by atoms with E-state index in [1.165, 1.54) is 35.6 Å².